The molecule has 10 heteroatoms. The van der Waals surface area contributed by atoms with Crippen molar-refractivity contribution in [1.82, 2.24) is 9.80 Å². The maximum Gasteiger partial charge on any atom is 0.411 e. The number of amides is 3. The summed E-state index contributed by atoms with van der Waals surface area (Å²) in [7, 11) is 0. The molecule has 0 aromatic heterocycles. The summed E-state index contributed by atoms with van der Waals surface area (Å²) in [5, 5.41) is 18.4. The predicted octanol–water partition coefficient (Wildman–Crippen LogP) is 2.83. The van der Waals surface area contributed by atoms with Crippen LogP contribution in [0.2, 0.25) is 0 Å². The molecule has 2 aliphatic heterocycles. The van der Waals surface area contributed by atoms with Crippen molar-refractivity contribution in [2.24, 2.45) is 11.1 Å². The monoisotopic (exact) mass is 453 g/mol. The molecule has 0 radical (unpaired) electrons. The third-order valence-electron chi connectivity index (χ3n) is 5.38. The van der Waals surface area contributed by atoms with Gasteiger partial charge in [-0.15, -0.1) is 0 Å². The van der Waals surface area contributed by atoms with E-state index in [0.717, 1.165) is 16.0 Å². The largest absolute Gasteiger partial charge is 0.479 e. The summed E-state index contributed by atoms with van der Waals surface area (Å²) in [4.78, 5) is 47.9. The van der Waals surface area contributed by atoms with Crippen molar-refractivity contribution in [2.75, 3.05) is 13.1 Å². The quantitative estimate of drug-likeness (QED) is 0.544. The van der Waals surface area contributed by atoms with Gasteiger partial charge in [-0.25, -0.2) is 14.4 Å². The first kappa shape index (κ1) is 27.0. The summed E-state index contributed by atoms with van der Waals surface area (Å²) < 4.78 is 5.35. The van der Waals surface area contributed by atoms with Crippen LogP contribution < -0.4 is 5.73 Å². The Morgan fingerprint density at radius 1 is 1.03 bits per heavy atom. The first-order chi connectivity index (χ1) is 14.3. The van der Waals surface area contributed by atoms with E-state index in [0.29, 0.717) is 6.42 Å². The van der Waals surface area contributed by atoms with E-state index >= 15 is 0 Å². The number of aliphatic carboxylic acids is 1. The van der Waals surface area contributed by atoms with Gasteiger partial charge >= 0.3 is 18.2 Å². The third kappa shape index (κ3) is 5.80. The standard InChI is InChI=1S/C15H25NO4.C7H10N2O3/c1-10-8-15(11(17)18,13(2,3)4)16(9-10)12(19)20-14(5,6)7;1-4-2-5(6(8)10)9(3-4)7(11)12/h1,8-9H2,2-7H3,(H,17,18);5H,1-3H2,(H2,8,10)(H,11,12)/t15-;5-/m10/s1. The fraction of sp³-hybridized carbons (Fsp3) is 0.636. The number of carboxylic acids is 1. The summed E-state index contributed by atoms with van der Waals surface area (Å²) in [6.45, 7) is 18.6. The van der Waals surface area contributed by atoms with Crippen molar-refractivity contribution in [2.45, 2.75) is 71.6 Å². The fourth-order valence-corrected chi connectivity index (χ4v) is 3.85. The van der Waals surface area contributed by atoms with Gasteiger partial charge in [0.25, 0.3) is 0 Å². The average molecular weight is 454 g/mol. The van der Waals surface area contributed by atoms with E-state index in [4.69, 9.17) is 15.6 Å². The number of carbonyl (C=O) groups excluding carboxylic acids is 2. The third-order valence-corrected chi connectivity index (χ3v) is 5.38. The lowest BCUT2D eigenvalue weighted by Crippen LogP contribution is -2.61. The Kier molecular flexibility index (Phi) is 7.77. The molecule has 2 fully saturated rings. The van der Waals surface area contributed by atoms with Crippen molar-refractivity contribution in [3.63, 3.8) is 0 Å². The van der Waals surface area contributed by atoms with Gasteiger partial charge in [-0.05, 0) is 32.6 Å². The van der Waals surface area contributed by atoms with Crippen LogP contribution >= 0.6 is 0 Å². The molecule has 0 aromatic rings. The zero-order valence-corrected chi connectivity index (χ0v) is 19.7. The van der Waals surface area contributed by atoms with Crippen LogP contribution in [0.3, 0.4) is 0 Å². The van der Waals surface area contributed by atoms with E-state index in [1.165, 1.54) is 4.90 Å². The molecule has 0 saturated carbocycles. The highest BCUT2D eigenvalue weighted by Gasteiger charge is 2.59. The zero-order chi connectivity index (χ0) is 25.2. The number of hydrogen-bond acceptors (Lipinski definition) is 5. The maximum atomic E-state index is 12.4. The van der Waals surface area contributed by atoms with Crippen LogP contribution in [0.25, 0.3) is 0 Å². The van der Waals surface area contributed by atoms with Gasteiger partial charge in [0.1, 0.15) is 11.6 Å². The van der Waals surface area contributed by atoms with Crippen LogP contribution in [0.4, 0.5) is 9.59 Å². The molecule has 10 nitrogen and oxygen atoms in total. The second kappa shape index (κ2) is 9.22. The summed E-state index contributed by atoms with van der Waals surface area (Å²) in [6, 6.07) is -0.727. The van der Waals surface area contributed by atoms with Crippen LogP contribution in [0.1, 0.15) is 54.4 Å². The van der Waals surface area contributed by atoms with Gasteiger partial charge < -0.3 is 20.7 Å². The molecular formula is C22H35N3O7. The summed E-state index contributed by atoms with van der Waals surface area (Å²) in [6.07, 6.45) is -1.13. The van der Waals surface area contributed by atoms with Crippen LogP contribution in [0.5, 0.6) is 0 Å². The Balaban J connectivity index is 0.000000363. The van der Waals surface area contributed by atoms with E-state index < -0.39 is 46.7 Å². The molecule has 0 bridgehead atoms. The minimum atomic E-state index is -1.31. The lowest BCUT2D eigenvalue weighted by Gasteiger charge is -2.44. The smallest absolute Gasteiger partial charge is 0.411 e. The minimum absolute atomic E-state index is 0.211. The van der Waals surface area contributed by atoms with Gasteiger partial charge in [0.05, 0.1) is 0 Å². The number of carboxylic acid groups (broad SMARTS) is 2. The molecule has 0 aliphatic carbocycles. The molecular weight excluding hydrogens is 418 g/mol. The molecule has 0 aromatic carbocycles. The van der Waals surface area contributed by atoms with E-state index in [9.17, 15) is 24.3 Å². The van der Waals surface area contributed by atoms with Gasteiger partial charge in [0.2, 0.25) is 5.91 Å². The van der Waals surface area contributed by atoms with E-state index in [1.807, 2.05) is 20.8 Å². The van der Waals surface area contributed by atoms with Crippen LogP contribution in [0.15, 0.2) is 24.3 Å². The Morgan fingerprint density at radius 3 is 1.91 bits per heavy atom. The molecule has 0 unspecified atom stereocenters. The molecule has 2 rings (SSSR count). The molecule has 180 valence electrons. The fourth-order valence-electron chi connectivity index (χ4n) is 3.85. The number of hydrogen-bond donors (Lipinski definition) is 3. The lowest BCUT2D eigenvalue weighted by molar-refractivity contribution is -0.156. The normalized spacial score (nSPS) is 23.5. The summed E-state index contributed by atoms with van der Waals surface area (Å²) in [5.74, 6) is -1.63. The predicted molar refractivity (Wildman–Crippen MR) is 118 cm³/mol. The van der Waals surface area contributed by atoms with Gasteiger partial charge in [-0.3, -0.25) is 14.6 Å². The van der Waals surface area contributed by atoms with Crippen LogP contribution in [0, 0.1) is 5.41 Å². The molecule has 2 saturated heterocycles. The number of likely N-dealkylation sites (tertiary alicyclic amines) is 2. The Labute approximate surface area is 188 Å². The molecule has 0 spiro atoms. The molecule has 4 N–H and O–H groups in total. The number of rotatable bonds is 2. The van der Waals surface area contributed by atoms with Crippen LogP contribution in [-0.2, 0) is 14.3 Å². The molecule has 2 aliphatic rings. The highest BCUT2D eigenvalue weighted by Crippen LogP contribution is 2.46. The number of primary amides is 1. The highest BCUT2D eigenvalue weighted by atomic mass is 16.6. The molecule has 3 amide bonds. The van der Waals surface area contributed by atoms with E-state index in [-0.39, 0.29) is 19.5 Å². The molecule has 2 atom stereocenters. The second-order valence-corrected chi connectivity index (χ2v) is 10.2. The topological polar surface area (TPSA) is 150 Å². The SMILES string of the molecule is C=C1CN(C(=O)OC(C)(C)C)[C@](C(=O)O)(C(C)(C)C)C1.C=C1C[C@@H](C(N)=O)N(C(=O)O)C1. The van der Waals surface area contributed by atoms with E-state index in [1.54, 1.807) is 20.8 Å². The number of ether oxygens (including phenoxy) is 1. The first-order valence-corrected chi connectivity index (χ1v) is 10.2. The Bertz CT molecular complexity index is 798. The Hall–Kier alpha value is -3.04. The van der Waals surface area contributed by atoms with E-state index in [2.05, 4.69) is 13.2 Å². The summed E-state index contributed by atoms with van der Waals surface area (Å²) >= 11 is 0. The molecule has 2 heterocycles. The van der Waals surface area contributed by atoms with Crippen molar-refractivity contribution in [3.8, 4) is 0 Å². The van der Waals surface area contributed by atoms with Crippen molar-refractivity contribution < 1.29 is 34.1 Å². The second-order valence-electron chi connectivity index (χ2n) is 10.2. The van der Waals surface area contributed by atoms with Crippen molar-refractivity contribution in [1.29, 1.82) is 0 Å². The van der Waals surface area contributed by atoms with Gasteiger partial charge in [-0.1, -0.05) is 45.1 Å². The van der Waals surface area contributed by atoms with Crippen LogP contribution in [-0.4, -0.2) is 74.3 Å². The first-order valence-electron chi connectivity index (χ1n) is 10.2. The average Bonchev–Trinajstić information content (AvgIpc) is 3.14. The van der Waals surface area contributed by atoms with Gasteiger partial charge in [0, 0.05) is 19.5 Å². The molecule has 32 heavy (non-hydrogen) atoms. The van der Waals surface area contributed by atoms with Gasteiger partial charge in [0.15, 0.2) is 5.54 Å². The minimum Gasteiger partial charge on any atom is -0.479 e. The Morgan fingerprint density at radius 2 is 1.56 bits per heavy atom. The zero-order valence-electron chi connectivity index (χ0n) is 19.7. The van der Waals surface area contributed by atoms with Crippen molar-refractivity contribution in [3.05, 3.63) is 24.3 Å². The van der Waals surface area contributed by atoms with Crippen molar-refractivity contribution >= 4 is 24.1 Å². The number of nitrogens with zero attached hydrogens (tertiary/aromatic N) is 2. The van der Waals surface area contributed by atoms with Gasteiger partial charge in [-0.2, -0.15) is 0 Å². The highest BCUT2D eigenvalue weighted by molar-refractivity contribution is 5.87. The lowest BCUT2D eigenvalue weighted by atomic mass is 9.71. The maximum absolute atomic E-state index is 12.4. The summed E-state index contributed by atoms with van der Waals surface area (Å²) in [5.41, 5.74) is 3.85. The number of nitrogens with two attached hydrogens (primary N) is 1. The number of carbonyl (C=O) groups is 4.